The minimum atomic E-state index is -4.19. The highest BCUT2D eigenvalue weighted by atomic mass is 31.2. The number of hydrogen-bond donors (Lipinski definition) is 3. The van der Waals surface area contributed by atoms with Gasteiger partial charge in [0.05, 0.1) is 6.61 Å². The van der Waals surface area contributed by atoms with Gasteiger partial charge in [0, 0.05) is 18.2 Å². The monoisotopic (exact) mass is 315 g/mol. The molecule has 8 nitrogen and oxygen atoms in total. The molecule has 4 N–H and O–H groups in total. The van der Waals surface area contributed by atoms with E-state index in [-0.39, 0.29) is 12.4 Å². The second-order valence-corrected chi connectivity index (χ2v) is 6.87. The summed E-state index contributed by atoms with van der Waals surface area (Å²) < 4.78 is 17.4. The van der Waals surface area contributed by atoms with E-state index in [1.807, 2.05) is 12.2 Å². The molecule has 0 spiro atoms. The number of allylic oxidation sites excluding steroid dienone is 2. The van der Waals surface area contributed by atoms with Crippen molar-refractivity contribution in [3.63, 3.8) is 0 Å². The predicted octanol–water partition coefficient (Wildman–Crippen LogP) is 0.314. The zero-order valence-electron chi connectivity index (χ0n) is 11.4. The van der Waals surface area contributed by atoms with Crippen LogP contribution in [0, 0.1) is 5.41 Å². The van der Waals surface area contributed by atoms with Gasteiger partial charge < -0.3 is 20.3 Å². The number of aromatic nitrogens is 2. The molecule has 9 heteroatoms. The summed E-state index contributed by atoms with van der Waals surface area (Å²) in [6.45, 7) is 0.509. The van der Waals surface area contributed by atoms with Crippen LogP contribution in [0.4, 0.5) is 5.82 Å². The van der Waals surface area contributed by atoms with Crippen LogP contribution in [0.5, 0.6) is 0 Å². The van der Waals surface area contributed by atoms with Gasteiger partial charge in [-0.1, -0.05) is 12.2 Å². The zero-order chi connectivity index (χ0) is 15.5. The Hall–Kier alpha value is -1.47. The van der Waals surface area contributed by atoms with Crippen LogP contribution in [0.2, 0.25) is 0 Å². The van der Waals surface area contributed by atoms with Crippen molar-refractivity contribution in [1.82, 2.24) is 9.55 Å². The first kappa shape index (κ1) is 15.9. The Morgan fingerprint density at radius 3 is 2.67 bits per heavy atom. The Bertz CT molecular complexity index is 628. The Kier molecular flexibility index (Phi) is 4.63. The molecule has 1 aromatic rings. The Balaban J connectivity index is 2.08. The third-order valence-electron chi connectivity index (χ3n) is 3.34. The second kappa shape index (κ2) is 6.11. The highest BCUT2D eigenvalue weighted by Crippen LogP contribution is 2.38. The lowest BCUT2D eigenvalue weighted by atomic mass is 9.86. The van der Waals surface area contributed by atoms with E-state index in [2.05, 4.69) is 4.98 Å². The molecule has 0 aliphatic heterocycles. The molecular formula is C12H18N3O5P. The maximum Gasteiger partial charge on any atom is 0.350 e. The molecule has 0 amide bonds. The van der Waals surface area contributed by atoms with Crippen molar-refractivity contribution < 1.29 is 19.1 Å². The molecule has 0 saturated carbocycles. The SMILES string of the molecule is Nc1ccn(CC2(COCP(=O)(O)O)CC=CC2)c(=O)n1. The number of hydrogen-bond acceptors (Lipinski definition) is 5. The predicted molar refractivity (Wildman–Crippen MR) is 76.6 cm³/mol. The van der Waals surface area contributed by atoms with Crippen molar-refractivity contribution in [2.24, 2.45) is 5.41 Å². The van der Waals surface area contributed by atoms with Gasteiger partial charge in [-0.15, -0.1) is 0 Å². The van der Waals surface area contributed by atoms with E-state index in [9.17, 15) is 9.36 Å². The third-order valence-corrected chi connectivity index (χ3v) is 3.86. The number of anilines is 1. The number of ether oxygens (including phenoxy) is 1. The maximum atomic E-state index is 11.8. The van der Waals surface area contributed by atoms with E-state index >= 15 is 0 Å². The van der Waals surface area contributed by atoms with Gasteiger partial charge in [-0.05, 0) is 18.9 Å². The van der Waals surface area contributed by atoms with Crippen molar-refractivity contribution in [3.05, 3.63) is 34.9 Å². The van der Waals surface area contributed by atoms with Crippen LogP contribution in [0.15, 0.2) is 29.2 Å². The quantitative estimate of drug-likeness (QED) is 0.509. The van der Waals surface area contributed by atoms with Crippen LogP contribution >= 0.6 is 7.60 Å². The average molecular weight is 315 g/mol. The van der Waals surface area contributed by atoms with Gasteiger partial charge in [-0.25, -0.2) is 4.79 Å². The van der Waals surface area contributed by atoms with E-state index in [1.165, 1.54) is 10.6 Å². The van der Waals surface area contributed by atoms with Gasteiger partial charge in [0.15, 0.2) is 0 Å². The highest BCUT2D eigenvalue weighted by Gasteiger charge is 2.33. The van der Waals surface area contributed by atoms with Gasteiger partial charge in [0.25, 0.3) is 0 Å². The normalized spacial score (nSPS) is 17.2. The van der Waals surface area contributed by atoms with E-state index in [0.717, 1.165) is 0 Å². The molecule has 0 saturated heterocycles. The van der Waals surface area contributed by atoms with Crippen LogP contribution in [0.1, 0.15) is 12.8 Å². The summed E-state index contributed by atoms with van der Waals surface area (Å²) in [5, 5.41) is 0. The molecule has 1 heterocycles. The zero-order valence-corrected chi connectivity index (χ0v) is 12.3. The standard InChI is InChI=1S/C12H18N3O5P/c13-10-3-6-15(11(16)14-10)7-12(4-1-2-5-12)8-20-9-21(17,18)19/h1-3,6H,4-5,7-9H2,(H2,13,14,16)(H2,17,18,19). The summed E-state index contributed by atoms with van der Waals surface area (Å²) >= 11 is 0. The van der Waals surface area contributed by atoms with Crippen molar-refractivity contribution in [2.45, 2.75) is 19.4 Å². The summed E-state index contributed by atoms with van der Waals surface area (Å²) in [7, 11) is -4.19. The molecule has 0 fully saturated rings. The molecule has 0 atom stereocenters. The van der Waals surface area contributed by atoms with Crippen molar-refractivity contribution >= 4 is 13.4 Å². The summed E-state index contributed by atoms with van der Waals surface area (Å²) in [5.74, 6) is 0.160. The summed E-state index contributed by atoms with van der Waals surface area (Å²) in [5.41, 5.74) is 4.61. The van der Waals surface area contributed by atoms with Crippen molar-refractivity contribution in [1.29, 1.82) is 0 Å². The van der Waals surface area contributed by atoms with Gasteiger partial charge in [0.2, 0.25) is 0 Å². The van der Waals surface area contributed by atoms with Crippen LogP contribution in [0.3, 0.4) is 0 Å². The van der Waals surface area contributed by atoms with E-state index in [4.69, 9.17) is 20.3 Å². The molecule has 1 aromatic heterocycles. The van der Waals surface area contributed by atoms with Crippen molar-refractivity contribution in [2.75, 3.05) is 18.7 Å². The fourth-order valence-corrected chi connectivity index (χ4v) is 2.68. The molecule has 2 rings (SSSR count). The van der Waals surface area contributed by atoms with Crippen molar-refractivity contribution in [3.8, 4) is 0 Å². The highest BCUT2D eigenvalue weighted by molar-refractivity contribution is 7.51. The molecule has 0 unspecified atom stereocenters. The van der Waals surface area contributed by atoms with E-state index < -0.39 is 25.0 Å². The molecule has 21 heavy (non-hydrogen) atoms. The van der Waals surface area contributed by atoms with E-state index in [0.29, 0.717) is 19.4 Å². The second-order valence-electron chi connectivity index (χ2n) is 5.28. The molecule has 0 bridgehead atoms. The lowest BCUT2D eigenvalue weighted by molar-refractivity contribution is 0.0549. The lowest BCUT2D eigenvalue weighted by Gasteiger charge is -2.29. The van der Waals surface area contributed by atoms with Crippen LogP contribution in [0.25, 0.3) is 0 Å². The lowest BCUT2D eigenvalue weighted by Crippen LogP contribution is -2.35. The van der Waals surface area contributed by atoms with Gasteiger partial charge in [-0.2, -0.15) is 4.98 Å². The Morgan fingerprint density at radius 2 is 2.10 bits per heavy atom. The topological polar surface area (TPSA) is 128 Å². The average Bonchev–Trinajstić information content (AvgIpc) is 2.80. The van der Waals surface area contributed by atoms with Crippen LogP contribution in [-0.2, 0) is 15.8 Å². The molecule has 116 valence electrons. The number of rotatable bonds is 6. The van der Waals surface area contributed by atoms with E-state index in [1.54, 1.807) is 6.20 Å². The summed E-state index contributed by atoms with van der Waals surface area (Å²) in [4.78, 5) is 33.1. The number of nitrogen functional groups attached to an aromatic ring is 1. The summed E-state index contributed by atoms with van der Waals surface area (Å²) in [6, 6.07) is 1.54. The first-order valence-corrected chi connectivity index (χ1v) is 8.20. The Morgan fingerprint density at radius 1 is 1.43 bits per heavy atom. The number of nitrogens with zero attached hydrogens (tertiary/aromatic N) is 2. The number of nitrogens with two attached hydrogens (primary N) is 1. The molecule has 1 aliphatic rings. The fraction of sp³-hybridized carbons (Fsp3) is 0.500. The molecule has 0 radical (unpaired) electrons. The Labute approximate surface area is 121 Å². The molecule has 1 aliphatic carbocycles. The van der Waals surface area contributed by atoms with Crippen LogP contribution < -0.4 is 11.4 Å². The van der Waals surface area contributed by atoms with Crippen LogP contribution in [-0.4, -0.2) is 32.3 Å². The minimum absolute atomic E-state index is 0.155. The molecular weight excluding hydrogens is 297 g/mol. The first-order valence-electron chi connectivity index (χ1n) is 6.40. The smallest absolute Gasteiger partial charge is 0.350 e. The minimum Gasteiger partial charge on any atom is -0.383 e. The largest absolute Gasteiger partial charge is 0.383 e. The third kappa shape index (κ3) is 4.50. The van der Waals surface area contributed by atoms with Gasteiger partial charge in [-0.3, -0.25) is 9.13 Å². The first-order chi connectivity index (χ1) is 9.80. The van der Waals surface area contributed by atoms with Gasteiger partial charge in [0.1, 0.15) is 12.2 Å². The maximum absolute atomic E-state index is 11.8. The van der Waals surface area contributed by atoms with Gasteiger partial charge >= 0.3 is 13.3 Å². The fourth-order valence-electron chi connectivity index (χ4n) is 2.35. The molecule has 0 aromatic carbocycles. The summed E-state index contributed by atoms with van der Waals surface area (Å²) in [6.07, 6.45) is 6.22.